The summed E-state index contributed by atoms with van der Waals surface area (Å²) >= 11 is 0. The molecule has 2 aromatic carbocycles. The predicted molar refractivity (Wildman–Crippen MR) is 141 cm³/mol. The molecule has 0 radical (unpaired) electrons. The maximum atomic E-state index is 13.3. The van der Waals surface area contributed by atoms with Crippen LogP contribution in [-0.2, 0) is 17.1 Å². The Hall–Kier alpha value is -3.51. The molecule has 41 heavy (non-hydrogen) atoms. The molecule has 2 aromatic rings. The highest BCUT2D eigenvalue weighted by Gasteiger charge is 2.39. The average Bonchev–Trinajstić information content (AvgIpc) is 2.92. The molecule has 1 saturated heterocycles. The van der Waals surface area contributed by atoms with Gasteiger partial charge < -0.3 is 15.1 Å². The molecule has 4 rings (SSSR count). The van der Waals surface area contributed by atoms with E-state index < -0.39 is 34.1 Å². The number of nitro groups is 1. The van der Waals surface area contributed by atoms with Crippen LogP contribution in [-0.4, -0.2) is 48.5 Å². The van der Waals surface area contributed by atoms with E-state index >= 15 is 0 Å². The van der Waals surface area contributed by atoms with E-state index in [1.807, 2.05) is 0 Å². The van der Waals surface area contributed by atoms with Crippen LogP contribution in [0.25, 0.3) is 0 Å². The van der Waals surface area contributed by atoms with Crippen molar-refractivity contribution in [2.75, 3.05) is 36.9 Å². The summed E-state index contributed by atoms with van der Waals surface area (Å²) in [7, 11) is 1.77. The molecule has 1 aliphatic heterocycles. The van der Waals surface area contributed by atoms with Crippen molar-refractivity contribution in [2.45, 2.75) is 56.9 Å². The maximum Gasteiger partial charge on any atom is 0.423 e. The topological polar surface area (TPSA) is 78.7 Å². The molecule has 1 aliphatic carbocycles. The van der Waals surface area contributed by atoms with Crippen molar-refractivity contribution in [1.29, 1.82) is 0 Å². The van der Waals surface area contributed by atoms with E-state index in [4.69, 9.17) is 0 Å². The average molecular weight is 587 g/mol. The standard InChI is InChI=1S/C28H32F6N4O3/c1-36(17-18-12-14-37(15-13-18)23-9-4-20(5-10-23)27(29,30)31)26(39)19-2-6-21(7-3-19)35-22-8-11-25(38(40)41)24(16-22)28(32,33)34/h4-5,8-11,16,18-19,21,35H,2-3,6-7,12-15,17H2,1H3/t19-,21-. The lowest BCUT2D eigenvalue weighted by atomic mass is 9.84. The molecule has 0 bridgehead atoms. The lowest BCUT2D eigenvalue weighted by Gasteiger charge is -2.37. The van der Waals surface area contributed by atoms with Gasteiger partial charge in [0.2, 0.25) is 5.91 Å². The first-order chi connectivity index (χ1) is 19.2. The number of nitro benzene ring substituents is 1. The molecule has 1 amide bonds. The van der Waals surface area contributed by atoms with Gasteiger partial charge in [-0.1, -0.05) is 0 Å². The van der Waals surface area contributed by atoms with Gasteiger partial charge in [0, 0.05) is 56.1 Å². The number of piperidine rings is 1. The van der Waals surface area contributed by atoms with Gasteiger partial charge in [-0.3, -0.25) is 14.9 Å². The van der Waals surface area contributed by atoms with E-state index in [0.29, 0.717) is 45.3 Å². The molecule has 224 valence electrons. The van der Waals surface area contributed by atoms with Crippen molar-refractivity contribution in [3.63, 3.8) is 0 Å². The summed E-state index contributed by atoms with van der Waals surface area (Å²) in [6, 6.07) is 7.87. The summed E-state index contributed by atoms with van der Waals surface area (Å²) < 4.78 is 78.3. The van der Waals surface area contributed by atoms with Crippen LogP contribution in [0.5, 0.6) is 0 Å². The molecule has 1 N–H and O–H groups in total. The summed E-state index contributed by atoms with van der Waals surface area (Å²) in [4.78, 5) is 26.8. The monoisotopic (exact) mass is 586 g/mol. The number of anilines is 2. The van der Waals surface area contributed by atoms with Gasteiger partial charge in [0.15, 0.2) is 0 Å². The zero-order valence-corrected chi connectivity index (χ0v) is 22.5. The third kappa shape index (κ3) is 7.62. The SMILES string of the molecule is CN(CC1CCN(c2ccc(C(F)(F)F)cc2)CC1)C(=O)[C@H]1CC[C@H](Nc2ccc([N+](=O)[O-])c(C(F)(F)F)c2)CC1. The molecule has 7 nitrogen and oxygen atoms in total. The van der Waals surface area contributed by atoms with Crippen LogP contribution in [0.1, 0.15) is 49.7 Å². The van der Waals surface area contributed by atoms with Crippen LogP contribution in [0.15, 0.2) is 42.5 Å². The highest BCUT2D eigenvalue weighted by Crippen LogP contribution is 2.38. The molecule has 0 aromatic heterocycles. The number of alkyl halides is 6. The molecule has 0 spiro atoms. The molecule has 2 aliphatic rings. The fraction of sp³-hybridized carbons (Fsp3) is 0.536. The van der Waals surface area contributed by atoms with Crippen molar-refractivity contribution >= 4 is 23.0 Å². The summed E-state index contributed by atoms with van der Waals surface area (Å²) in [6.45, 7) is 1.96. The Morgan fingerprint density at radius 2 is 1.56 bits per heavy atom. The second kappa shape index (κ2) is 12.2. The van der Waals surface area contributed by atoms with Crippen molar-refractivity contribution in [3.05, 3.63) is 63.7 Å². The van der Waals surface area contributed by atoms with Gasteiger partial charge in [-0.2, -0.15) is 26.3 Å². The second-order valence-electron chi connectivity index (χ2n) is 10.9. The minimum absolute atomic E-state index is 0.0308. The number of benzene rings is 2. The Morgan fingerprint density at radius 3 is 2.10 bits per heavy atom. The summed E-state index contributed by atoms with van der Waals surface area (Å²) in [5.41, 5.74) is -2.08. The maximum absolute atomic E-state index is 13.3. The van der Waals surface area contributed by atoms with Crippen LogP contribution in [0.4, 0.5) is 43.4 Å². The fourth-order valence-corrected chi connectivity index (χ4v) is 5.76. The Morgan fingerprint density at radius 1 is 0.951 bits per heavy atom. The van der Waals surface area contributed by atoms with Gasteiger partial charge >= 0.3 is 12.4 Å². The number of nitrogens with one attached hydrogen (secondary N) is 1. The highest BCUT2D eigenvalue weighted by atomic mass is 19.4. The van der Waals surface area contributed by atoms with E-state index in [1.165, 1.54) is 18.2 Å². The number of carbonyl (C=O) groups is 1. The number of hydrogen-bond donors (Lipinski definition) is 1. The van der Waals surface area contributed by atoms with Gasteiger partial charge in [0.1, 0.15) is 5.56 Å². The Labute approximate surface area is 233 Å². The number of nitrogens with zero attached hydrogens (tertiary/aromatic N) is 3. The molecule has 13 heteroatoms. The number of halogens is 6. The predicted octanol–water partition coefficient (Wildman–Crippen LogP) is 6.98. The normalized spacial score (nSPS) is 20.5. The van der Waals surface area contributed by atoms with E-state index in [9.17, 15) is 41.3 Å². The molecule has 2 fully saturated rings. The van der Waals surface area contributed by atoms with E-state index in [0.717, 1.165) is 42.8 Å². The highest BCUT2D eigenvalue weighted by molar-refractivity contribution is 5.78. The van der Waals surface area contributed by atoms with Crippen LogP contribution in [0, 0.1) is 22.0 Å². The van der Waals surface area contributed by atoms with Gasteiger partial charge in [-0.05, 0) is 80.8 Å². The van der Waals surface area contributed by atoms with Gasteiger partial charge in [-0.15, -0.1) is 0 Å². The largest absolute Gasteiger partial charge is 0.423 e. The number of amides is 1. The van der Waals surface area contributed by atoms with Crippen LogP contribution in [0.2, 0.25) is 0 Å². The smallest absolute Gasteiger partial charge is 0.382 e. The lowest BCUT2D eigenvalue weighted by Crippen LogP contribution is -2.42. The Kier molecular flexibility index (Phi) is 9.03. The Balaban J connectivity index is 1.23. The molecule has 0 atom stereocenters. The number of rotatable bonds is 7. The lowest BCUT2D eigenvalue weighted by molar-refractivity contribution is -0.388. The minimum atomic E-state index is -4.85. The van der Waals surface area contributed by atoms with E-state index in [2.05, 4.69) is 10.2 Å². The Bertz CT molecular complexity index is 1220. The first-order valence-corrected chi connectivity index (χ1v) is 13.5. The minimum Gasteiger partial charge on any atom is -0.382 e. The van der Waals surface area contributed by atoms with Crippen LogP contribution in [0.3, 0.4) is 0 Å². The third-order valence-electron chi connectivity index (χ3n) is 8.03. The fourth-order valence-electron chi connectivity index (χ4n) is 5.76. The summed E-state index contributed by atoms with van der Waals surface area (Å²) in [5, 5.41) is 14.0. The molecule has 1 heterocycles. The van der Waals surface area contributed by atoms with Crippen molar-refractivity contribution in [2.24, 2.45) is 11.8 Å². The summed E-state index contributed by atoms with van der Waals surface area (Å²) in [6.07, 6.45) is -5.30. The molecular formula is C28H32F6N4O3. The molecule has 1 saturated carbocycles. The van der Waals surface area contributed by atoms with E-state index in [1.54, 1.807) is 11.9 Å². The van der Waals surface area contributed by atoms with Crippen LogP contribution >= 0.6 is 0 Å². The third-order valence-corrected chi connectivity index (χ3v) is 8.03. The number of carbonyl (C=O) groups excluding carboxylic acids is 1. The molecular weight excluding hydrogens is 554 g/mol. The first-order valence-electron chi connectivity index (χ1n) is 13.5. The van der Waals surface area contributed by atoms with Gasteiger partial charge in [-0.25, -0.2) is 0 Å². The van der Waals surface area contributed by atoms with Crippen molar-refractivity contribution in [3.8, 4) is 0 Å². The van der Waals surface area contributed by atoms with Gasteiger partial charge in [0.05, 0.1) is 10.5 Å². The van der Waals surface area contributed by atoms with Gasteiger partial charge in [0.25, 0.3) is 5.69 Å². The quantitative estimate of drug-likeness (QED) is 0.215. The van der Waals surface area contributed by atoms with Crippen LogP contribution < -0.4 is 10.2 Å². The summed E-state index contributed by atoms with van der Waals surface area (Å²) in [5.74, 6) is 0.119. The van der Waals surface area contributed by atoms with Crippen molar-refractivity contribution in [1.82, 2.24) is 4.90 Å². The first kappa shape index (κ1) is 30.4. The van der Waals surface area contributed by atoms with Crippen molar-refractivity contribution < 1.29 is 36.1 Å². The molecule has 0 unspecified atom stereocenters. The van der Waals surface area contributed by atoms with E-state index in [-0.39, 0.29) is 29.5 Å². The second-order valence-corrected chi connectivity index (χ2v) is 10.9. The zero-order chi connectivity index (χ0) is 29.9. The zero-order valence-electron chi connectivity index (χ0n) is 22.5. The number of hydrogen-bond acceptors (Lipinski definition) is 5.